The van der Waals surface area contributed by atoms with E-state index < -0.39 is 5.91 Å². The molecule has 5 heterocycles. The molecule has 3 aromatic heterocycles. The summed E-state index contributed by atoms with van der Waals surface area (Å²) in [6.45, 7) is 4.91. The number of rotatable bonds is 6. The molecule has 0 aliphatic carbocycles. The lowest BCUT2D eigenvalue weighted by molar-refractivity contribution is -0.139. The molecule has 2 fully saturated rings. The average Bonchev–Trinajstić information content (AvgIpc) is 3.64. The normalized spacial score (nSPS) is 20.2. The zero-order valence-corrected chi connectivity index (χ0v) is 20.9. The van der Waals surface area contributed by atoms with E-state index in [9.17, 15) is 9.59 Å². The first-order valence-electron chi connectivity index (χ1n) is 12.1. The maximum absolute atomic E-state index is 11.7. The zero-order valence-electron chi connectivity index (χ0n) is 20.1. The molecular weight excluding hydrogens is 476 g/mol. The molecule has 9 nitrogen and oxygen atoms in total. The predicted molar refractivity (Wildman–Crippen MR) is 139 cm³/mol. The molecule has 0 radical (unpaired) electrons. The summed E-state index contributed by atoms with van der Waals surface area (Å²) in [7, 11) is 1.41. The largest absolute Gasteiger partial charge is 0.469 e. The summed E-state index contributed by atoms with van der Waals surface area (Å²) in [5, 5.41) is 2.01. The Bertz CT molecular complexity index is 1480. The number of aromatic nitrogens is 3. The van der Waals surface area contributed by atoms with Gasteiger partial charge in [0.2, 0.25) is 0 Å². The minimum Gasteiger partial charge on any atom is -0.469 e. The Kier molecular flexibility index (Phi) is 5.65. The molecule has 0 saturated carbocycles. The van der Waals surface area contributed by atoms with Gasteiger partial charge in [0.25, 0.3) is 5.91 Å². The highest BCUT2D eigenvalue weighted by Gasteiger charge is 2.44. The van der Waals surface area contributed by atoms with Crippen LogP contribution in [0.3, 0.4) is 0 Å². The van der Waals surface area contributed by atoms with Gasteiger partial charge in [-0.15, -0.1) is 11.3 Å². The van der Waals surface area contributed by atoms with Gasteiger partial charge >= 0.3 is 5.97 Å². The number of likely N-dealkylation sites (tertiary alicyclic amines) is 1. The van der Waals surface area contributed by atoms with Crippen LogP contribution in [0.2, 0.25) is 0 Å². The van der Waals surface area contributed by atoms with Crippen LogP contribution in [0.1, 0.15) is 33.8 Å². The van der Waals surface area contributed by atoms with Crippen LogP contribution in [0.4, 0.5) is 5.82 Å². The van der Waals surface area contributed by atoms with Crippen LogP contribution in [0.5, 0.6) is 0 Å². The second-order valence-corrected chi connectivity index (χ2v) is 11.1. The third-order valence-electron chi connectivity index (χ3n) is 7.52. The smallest absolute Gasteiger partial charge is 0.310 e. The Labute approximate surface area is 212 Å². The van der Waals surface area contributed by atoms with E-state index in [-0.39, 0.29) is 17.8 Å². The first kappa shape index (κ1) is 22.9. The molecule has 0 bridgehead atoms. The number of benzene rings is 1. The number of primary amides is 1. The van der Waals surface area contributed by atoms with E-state index in [1.165, 1.54) is 24.0 Å². The van der Waals surface area contributed by atoms with Gasteiger partial charge in [-0.05, 0) is 43.1 Å². The van der Waals surface area contributed by atoms with Gasteiger partial charge in [0, 0.05) is 47.4 Å². The molecule has 36 heavy (non-hydrogen) atoms. The van der Waals surface area contributed by atoms with E-state index in [0.29, 0.717) is 5.69 Å². The molecule has 4 aromatic rings. The highest BCUT2D eigenvalue weighted by Crippen LogP contribution is 2.43. The van der Waals surface area contributed by atoms with Crippen molar-refractivity contribution in [2.24, 2.45) is 11.1 Å². The third kappa shape index (κ3) is 4.20. The van der Waals surface area contributed by atoms with Crippen LogP contribution in [-0.4, -0.2) is 65.0 Å². The quantitative estimate of drug-likeness (QED) is 0.388. The van der Waals surface area contributed by atoms with E-state index in [0.717, 1.165) is 77.4 Å². The number of nitrogens with two attached hydrogens (primary N) is 1. The highest BCUT2D eigenvalue weighted by molar-refractivity contribution is 7.18. The highest BCUT2D eigenvalue weighted by atomic mass is 32.1. The molecule has 1 amide bonds. The fourth-order valence-electron chi connectivity index (χ4n) is 5.72. The Balaban J connectivity index is 1.15. The van der Waals surface area contributed by atoms with Crippen molar-refractivity contribution in [1.82, 2.24) is 19.9 Å². The van der Waals surface area contributed by atoms with Crippen molar-refractivity contribution in [2.75, 3.05) is 38.2 Å². The van der Waals surface area contributed by atoms with Gasteiger partial charge in [-0.1, -0.05) is 12.1 Å². The van der Waals surface area contributed by atoms with Gasteiger partial charge in [0.1, 0.15) is 22.7 Å². The van der Waals surface area contributed by atoms with Gasteiger partial charge in [-0.3, -0.25) is 14.5 Å². The predicted octanol–water partition coefficient (Wildman–Crippen LogP) is 3.09. The van der Waals surface area contributed by atoms with Crippen LogP contribution >= 0.6 is 11.3 Å². The average molecular weight is 505 g/mol. The van der Waals surface area contributed by atoms with Crippen molar-refractivity contribution < 1.29 is 14.3 Å². The number of fused-ring (bicyclic) bond motifs is 2. The first-order chi connectivity index (χ1) is 17.4. The molecule has 6 rings (SSSR count). The number of aromatic amines is 1. The lowest BCUT2D eigenvalue weighted by Crippen LogP contribution is -2.31. The molecular formula is C26H28N6O3S. The van der Waals surface area contributed by atoms with Crippen LogP contribution in [0.15, 0.2) is 36.7 Å². The number of thiophene rings is 1. The molecule has 2 saturated heterocycles. The van der Waals surface area contributed by atoms with Gasteiger partial charge in [-0.25, -0.2) is 9.97 Å². The monoisotopic (exact) mass is 504 g/mol. The number of hydrogen-bond donors (Lipinski definition) is 2. The fourth-order valence-corrected chi connectivity index (χ4v) is 6.70. The van der Waals surface area contributed by atoms with Crippen LogP contribution in [0.25, 0.3) is 21.1 Å². The summed E-state index contributed by atoms with van der Waals surface area (Å²) in [5.74, 6) is 0.277. The number of hydrogen-bond acceptors (Lipinski definition) is 8. The van der Waals surface area contributed by atoms with Crippen molar-refractivity contribution in [3.8, 4) is 0 Å². The number of nitrogens with one attached hydrogen (secondary N) is 1. The van der Waals surface area contributed by atoms with Gasteiger partial charge in [-0.2, -0.15) is 0 Å². The van der Waals surface area contributed by atoms with E-state index >= 15 is 0 Å². The maximum Gasteiger partial charge on any atom is 0.310 e. The summed E-state index contributed by atoms with van der Waals surface area (Å²) in [6, 6.07) is 10.1. The molecule has 1 unspecified atom stereocenters. The number of amides is 1. The topological polar surface area (TPSA) is 117 Å². The van der Waals surface area contributed by atoms with Gasteiger partial charge in [0.05, 0.1) is 18.9 Å². The fraction of sp³-hybridized carbons (Fsp3) is 0.385. The molecule has 3 N–H and O–H groups in total. The van der Waals surface area contributed by atoms with Crippen molar-refractivity contribution >= 4 is 50.2 Å². The summed E-state index contributed by atoms with van der Waals surface area (Å²) < 4.78 is 4.82. The third-order valence-corrected chi connectivity index (χ3v) is 8.56. The molecule has 10 heteroatoms. The van der Waals surface area contributed by atoms with Gasteiger partial charge in [0.15, 0.2) is 0 Å². The summed E-state index contributed by atoms with van der Waals surface area (Å²) in [5.41, 5.74) is 8.27. The molecule has 1 spiro atoms. The number of ether oxygens (including phenoxy) is 1. The van der Waals surface area contributed by atoms with Crippen molar-refractivity contribution in [2.45, 2.75) is 25.8 Å². The van der Waals surface area contributed by atoms with Crippen LogP contribution < -0.4 is 10.6 Å². The standard InChI is InChI=1S/C26H28N6O3S/c1-35-22(33)11-18-10-19-24(28-15-29-25(19)36-18)32-7-5-26(14-32)4-6-31(13-26)12-16-2-3-17-9-21(23(27)34)30-20(17)8-16/h2-3,8-10,15,30H,4-7,11-14H2,1H3,(H2,27,34). The lowest BCUT2D eigenvalue weighted by Gasteiger charge is -2.25. The Hall–Kier alpha value is -3.50. The number of methoxy groups -OCH3 is 1. The van der Waals surface area contributed by atoms with Crippen molar-refractivity contribution in [1.29, 1.82) is 0 Å². The lowest BCUT2D eigenvalue weighted by atomic mass is 9.86. The van der Waals surface area contributed by atoms with Crippen molar-refractivity contribution in [3.63, 3.8) is 0 Å². The second-order valence-electron chi connectivity index (χ2n) is 9.98. The van der Waals surface area contributed by atoms with Crippen LogP contribution in [0, 0.1) is 5.41 Å². The Morgan fingerprint density at radius 2 is 2.03 bits per heavy atom. The first-order valence-corrected chi connectivity index (χ1v) is 12.9. The number of H-pyrrole nitrogens is 1. The number of carbonyl (C=O) groups is 2. The van der Waals surface area contributed by atoms with E-state index in [1.807, 2.05) is 12.1 Å². The number of nitrogens with zero attached hydrogens (tertiary/aromatic N) is 4. The van der Waals surface area contributed by atoms with E-state index in [2.05, 4.69) is 36.9 Å². The SMILES string of the molecule is COC(=O)Cc1cc2c(N3CCC4(CCN(Cc5ccc6cc(C(N)=O)[nH]c6c5)C4)C3)ncnc2s1. The van der Waals surface area contributed by atoms with E-state index in [1.54, 1.807) is 12.4 Å². The maximum atomic E-state index is 11.7. The minimum absolute atomic E-state index is 0.244. The molecule has 1 atom stereocenters. The molecule has 2 aliphatic heterocycles. The molecule has 2 aliphatic rings. The second kappa shape index (κ2) is 8.86. The van der Waals surface area contributed by atoms with Crippen LogP contribution in [-0.2, 0) is 22.5 Å². The van der Waals surface area contributed by atoms with E-state index in [4.69, 9.17) is 10.5 Å². The number of anilines is 1. The number of carbonyl (C=O) groups excluding carboxylic acids is 2. The molecule has 1 aromatic carbocycles. The van der Waals surface area contributed by atoms with Crippen molar-refractivity contribution in [3.05, 3.63) is 52.8 Å². The Morgan fingerprint density at radius 1 is 1.17 bits per heavy atom. The summed E-state index contributed by atoms with van der Waals surface area (Å²) in [4.78, 5) is 42.2. The number of esters is 1. The minimum atomic E-state index is -0.442. The zero-order chi connectivity index (χ0) is 24.9. The summed E-state index contributed by atoms with van der Waals surface area (Å²) in [6.07, 6.45) is 4.17. The Morgan fingerprint density at radius 3 is 2.86 bits per heavy atom. The summed E-state index contributed by atoms with van der Waals surface area (Å²) >= 11 is 1.53. The molecule has 186 valence electrons. The van der Waals surface area contributed by atoms with Gasteiger partial charge < -0.3 is 20.4 Å².